The van der Waals surface area contributed by atoms with E-state index in [2.05, 4.69) is 30.5 Å². The van der Waals surface area contributed by atoms with Crippen molar-refractivity contribution in [3.05, 3.63) is 12.2 Å². The van der Waals surface area contributed by atoms with E-state index in [-0.39, 0.29) is 19.4 Å². The van der Waals surface area contributed by atoms with Gasteiger partial charge in [-0.15, -0.1) is 0 Å². The molecule has 0 fully saturated rings. The number of aliphatic carboxylic acids is 1. The highest BCUT2D eigenvalue weighted by atomic mass is 31.2. The van der Waals surface area contributed by atoms with Gasteiger partial charge in [-0.25, -0.2) is 4.57 Å². The second-order valence-electron chi connectivity index (χ2n) is 12.7. The van der Waals surface area contributed by atoms with E-state index in [9.17, 15) is 23.8 Å². The van der Waals surface area contributed by atoms with Crippen molar-refractivity contribution >= 4 is 25.7 Å². The van der Waals surface area contributed by atoms with Crippen LogP contribution >= 0.6 is 7.82 Å². The van der Waals surface area contributed by atoms with Crippen LogP contribution in [-0.4, -0.2) is 59.9 Å². The summed E-state index contributed by atoms with van der Waals surface area (Å²) in [7, 11) is -4.70. The van der Waals surface area contributed by atoms with Gasteiger partial charge in [-0.1, -0.05) is 129 Å². The second kappa shape index (κ2) is 32.4. The molecule has 12 heteroatoms. The van der Waals surface area contributed by atoms with E-state index in [0.29, 0.717) is 12.8 Å². The number of carboxylic acids is 1. The van der Waals surface area contributed by atoms with Crippen molar-refractivity contribution in [1.82, 2.24) is 0 Å². The molecule has 0 saturated heterocycles. The molecule has 0 amide bonds. The van der Waals surface area contributed by atoms with Crippen molar-refractivity contribution in [2.75, 3.05) is 19.8 Å². The number of hydrogen-bond donors (Lipinski definition) is 3. The van der Waals surface area contributed by atoms with Gasteiger partial charge in [0.2, 0.25) is 0 Å². The SMILES string of the molecule is CCCCCCC=CCCCCCCCC(=O)OC[C@H](COP(=O)(O)OC[C@H](N)C(=O)O)OC(=O)CCCCCCCCCCCCC. The van der Waals surface area contributed by atoms with Crippen molar-refractivity contribution < 1.29 is 47.5 Å². The minimum absolute atomic E-state index is 0.164. The highest BCUT2D eigenvalue weighted by Gasteiger charge is 2.28. The molecule has 0 saturated carbocycles. The Balaban J connectivity index is 4.45. The number of rotatable bonds is 35. The number of nitrogens with two attached hydrogens (primary N) is 1. The Morgan fingerprint density at radius 1 is 0.625 bits per heavy atom. The Labute approximate surface area is 290 Å². The number of phosphoric ester groups is 1. The van der Waals surface area contributed by atoms with Gasteiger partial charge in [0.25, 0.3) is 0 Å². The lowest BCUT2D eigenvalue weighted by Crippen LogP contribution is -2.34. The van der Waals surface area contributed by atoms with Crippen LogP contribution in [0.2, 0.25) is 0 Å². The molecular weight excluding hydrogens is 637 g/mol. The molecule has 0 rings (SSSR count). The smallest absolute Gasteiger partial charge is 0.472 e. The number of esters is 2. The number of carbonyl (C=O) groups excluding carboxylic acids is 2. The second-order valence-corrected chi connectivity index (χ2v) is 14.2. The zero-order valence-corrected chi connectivity index (χ0v) is 31.0. The van der Waals surface area contributed by atoms with E-state index in [0.717, 1.165) is 57.8 Å². The van der Waals surface area contributed by atoms with Gasteiger partial charge in [0.05, 0.1) is 13.2 Å². The number of phosphoric acid groups is 1. The fourth-order valence-electron chi connectivity index (χ4n) is 5.00. The van der Waals surface area contributed by atoms with Crippen LogP contribution in [0.1, 0.15) is 168 Å². The van der Waals surface area contributed by atoms with Crippen LogP contribution in [0.5, 0.6) is 0 Å². The molecular formula is C36H68NO10P. The number of ether oxygens (including phenoxy) is 2. The average molecular weight is 706 g/mol. The molecule has 0 spiro atoms. The van der Waals surface area contributed by atoms with Gasteiger partial charge in [-0.05, 0) is 38.5 Å². The number of unbranched alkanes of at least 4 members (excludes halogenated alkanes) is 19. The van der Waals surface area contributed by atoms with Crippen LogP contribution in [0.15, 0.2) is 12.2 Å². The molecule has 0 aromatic carbocycles. The third-order valence-corrected chi connectivity index (χ3v) is 8.96. The van der Waals surface area contributed by atoms with Gasteiger partial charge in [0, 0.05) is 12.8 Å². The van der Waals surface area contributed by atoms with Crippen LogP contribution < -0.4 is 5.73 Å². The maximum Gasteiger partial charge on any atom is 0.472 e. The highest BCUT2D eigenvalue weighted by molar-refractivity contribution is 7.47. The van der Waals surface area contributed by atoms with Crippen molar-refractivity contribution in [1.29, 1.82) is 0 Å². The lowest BCUT2D eigenvalue weighted by atomic mass is 10.1. The fourth-order valence-corrected chi connectivity index (χ4v) is 5.78. The fraction of sp³-hybridized carbons (Fsp3) is 0.861. The highest BCUT2D eigenvalue weighted by Crippen LogP contribution is 2.43. The van der Waals surface area contributed by atoms with E-state index in [1.165, 1.54) is 70.6 Å². The number of carbonyl (C=O) groups is 3. The van der Waals surface area contributed by atoms with Gasteiger partial charge < -0.3 is 25.2 Å². The summed E-state index contributed by atoms with van der Waals surface area (Å²) in [6.07, 6.45) is 28.5. The minimum Gasteiger partial charge on any atom is -0.480 e. The maximum absolute atomic E-state index is 12.5. The molecule has 4 N–H and O–H groups in total. The Morgan fingerprint density at radius 2 is 1.04 bits per heavy atom. The number of carboxylic acid groups (broad SMARTS) is 1. The lowest BCUT2D eigenvalue weighted by Gasteiger charge is -2.20. The van der Waals surface area contributed by atoms with Crippen molar-refractivity contribution in [2.45, 2.75) is 180 Å². The molecule has 0 aliphatic carbocycles. The van der Waals surface area contributed by atoms with Gasteiger partial charge >= 0.3 is 25.7 Å². The Kier molecular flexibility index (Phi) is 31.2. The molecule has 11 nitrogen and oxygen atoms in total. The van der Waals surface area contributed by atoms with Gasteiger partial charge in [0.1, 0.15) is 12.6 Å². The van der Waals surface area contributed by atoms with E-state index in [4.69, 9.17) is 24.8 Å². The summed E-state index contributed by atoms with van der Waals surface area (Å²) in [5, 5.41) is 8.84. The van der Waals surface area contributed by atoms with Crippen LogP contribution in [0.25, 0.3) is 0 Å². The summed E-state index contributed by atoms with van der Waals surface area (Å²) in [5.41, 5.74) is 5.31. The van der Waals surface area contributed by atoms with Gasteiger partial charge in [0.15, 0.2) is 6.10 Å². The summed E-state index contributed by atoms with van der Waals surface area (Å²) < 4.78 is 32.5. The Hall–Kier alpha value is -1.78. The van der Waals surface area contributed by atoms with Gasteiger partial charge in [-0.2, -0.15) is 0 Å². The summed E-state index contributed by atoms with van der Waals surface area (Å²) >= 11 is 0. The molecule has 0 bridgehead atoms. The number of allylic oxidation sites excluding steroid dienone is 2. The first-order valence-electron chi connectivity index (χ1n) is 18.7. The quantitative estimate of drug-likeness (QED) is 0.0249. The molecule has 3 atom stereocenters. The third-order valence-electron chi connectivity index (χ3n) is 8.01. The van der Waals surface area contributed by atoms with Gasteiger partial charge in [-0.3, -0.25) is 23.4 Å². The maximum atomic E-state index is 12.5. The van der Waals surface area contributed by atoms with E-state index in [1.807, 2.05) is 0 Å². The van der Waals surface area contributed by atoms with Crippen LogP contribution in [0.3, 0.4) is 0 Å². The summed E-state index contributed by atoms with van der Waals surface area (Å²) in [6, 6.07) is -1.52. The average Bonchev–Trinajstić information content (AvgIpc) is 3.05. The topological polar surface area (TPSA) is 172 Å². The monoisotopic (exact) mass is 705 g/mol. The number of hydrogen-bond acceptors (Lipinski definition) is 9. The predicted octanol–water partition coefficient (Wildman–Crippen LogP) is 8.95. The standard InChI is InChI=1S/C36H68NO10P/c1-3-5-7-9-11-13-15-16-18-19-21-23-25-27-34(38)44-29-32(30-45-48(42,43)46-31-33(37)36(40)41)47-35(39)28-26-24-22-20-17-14-12-10-8-6-4-2/h13,15,32-33H,3-12,14,16-31,37H2,1-2H3,(H,40,41)(H,42,43)/t32-,33+/m1/s1. The van der Waals surface area contributed by atoms with Crippen molar-refractivity contribution in [3.8, 4) is 0 Å². The normalized spacial score (nSPS) is 14.1. The van der Waals surface area contributed by atoms with Crippen LogP contribution in [-0.2, 0) is 37.5 Å². The predicted molar refractivity (Wildman–Crippen MR) is 189 cm³/mol. The molecule has 0 aliphatic rings. The zero-order chi connectivity index (χ0) is 35.7. The summed E-state index contributed by atoms with van der Waals surface area (Å²) in [5.74, 6) is -2.39. The molecule has 1 unspecified atom stereocenters. The van der Waals surface area contributed by atoms with Crippen molar-refractivity contribution in [2.24, 2.45) is 5.73 Å². The zero-order valence-electron chi connectivity index (χ0n) is 30.1. The van der Waals surface area contributed by atoms with E-state index >= 15 is 0 Å². The molecule has 0 aliphatic heterocycles. The minimum atomic E-state index is -4.70. The first-order valence-corrected chi connectivity index (χ1v) is 20.2. The molecule has 48 heavy (non-hydrogen) atoms. The molecule has 0 aromatic heterocycles. The first kappa shape index (κ1) is 46.2. The van der Waals surface area contributed by atoms with E-state index < -0.39 is 51.1 Å². The largest absolute Gasteiger partial charge is 0.480 e. The van der Waals surface area contributed by atoms with Crippen molar-refractivity contribution in [3.63, 3.8) is 0 Å². The molecule has 0 heterocycles. The summed E-state index contributed by atoms with van der Waals surface area (Å²) in [4.78, 5) is 45.6. The third kappa shape index (κ3) is 31.5. The first-order chi connectivity index (χ1) is 23.1. The van der Waals surface area contributed by atoms with Crippen LogP contribution in [0, 0.1) is 0 Å². The molecule has 0 aromatic rings. The van der Waals surface area contributed by atoms with E-state index in [1.54, 1.807) is 0 Å². The Bertz CT molecular complexity index is 885. The molecule has 282 valence electrons. The lowest BCUT2D eigenvalue weighted by molar-refractivity contribution is -0.161. The summed E-state index contributed by atoms with van der Waals surface area (Å²) in [6.45, 7) is 2.75. The Morgan fingerprint density at radius 3 is 1.54 bits per heavy atom. The molecule has 0 radical (unpaired) electrons. The van der Waals surface area contributed by atoms with Crippen LogP contribution in [0.4, 0.5) is 0 Å².